The number of pyridine rings is 1. The van der Waals surface area contributed by atoms with E-state index in [9.17, 15) is 0 Å². The van der Waals surface area contributed by atoms with Crippen LogP contribution in [0.5, 0.6) is 0 Å². The summed E-state index contributed by atoms with van der Waals surface area (Å²) >= 11 is 0. The minimum Gasteiger partial charge on any atom is -0.312 e. The van der Waals surface area contributed by atoms with E-state index in [1.165, 1.54) is 0 Å². The lowest BCUT2D eigenvalue weighted by Crippen LogP contribution is -2.24. The predicted molar refractivity (Wildman–Crippen MR) is 45.0 cm³/mol. The van der Waals surface area contributed by atoms with Gasteiger partial charge in [-0.05, 0) is 19.5 Å². The first-order chi connectivity index (χ1) is 5.24. The van der Waals surface area contributed by atoms with Crippen LogP contribution in [-0.4, -0.2) is 12.0 Å². The Morgan fingerprint density at radius 1 is 1.55 bits per heavy atom. The molecule has 1 rings (SSSR count). The van der Waals surface area contributed by atoms with Crippen molar-refractivity contribution in [2.24, 2.45) is 5.73 Å². The molecule has 1 aromatic rings. The van der Waals surface area contributed by atoms with E-state index in [1.54, 1.807) is 6.20 Å². The molecule has 1 unspecified atom stereocenters. The molecule has 0 aliphatic heterocycles. The molecule has 0 amide bonds. The molecule has 3 heteroatoms. The third kappa shape index (κ3) is 2.00. The van der Waals surface area contributed by atoms with Gasteiger partial charge in [-0.1, -0.05) is 6.07 Å². The monoisotopic (exact) mass is 151 g/mol. The van der Waals surface area contributed by atoms with Gasteiger partial charge in [0.1, 0.15) is 0 Å². The fourth-order valence-electron chi connectivity index (χ4n) is 0.915. The molecule has 0 aliphatic carbocycles. The summed E-state index contributed by atoms with van der Waals surface area (Å²) in [7, 11) is 1.83. The van der Waals surface area contributed by atoms with Gasteiger partial charge in [-0.2, -0.15) is 0 Å². The summed E-state index contributed by atoms with van der Waals surface area (Å²) in [6.07, 6.45) is 3.47. The normalized spacial score (nSPS) is 13.0. The first kappa shape index (κ1) is 8.17. The highest BCUT2D eigenvalue weighted by Crippen LogP contribution is 2.06. The van der Waals surface area contributed by atoms with Crippen LogP contribution in [0.25, 0.3) is 0 Å². The van der Waals surface area contributed by atoms with Crippen molar-refractivity contribution in [2.75, 3.05) is 7.05 Å². The van der Waals surface area contributed by atoms with Crippen molar-refractivity contribution in [3.8, 4) is 0 Å². The zero-order valence-electron chi connectivity index (χ0n) is 6.83. The lowest BCUT2D eigenvalue weighted by molar-refractivity contribution is 0.619. The molecular formula is C8H13N3. The molecule has 0 saturated heterocycles. The number of hydrogen-bond donors (Lipinski definition) is 2. The van der Waals surface area contributed by atoms with Crippen molar-refractivity contribution in [3.63, 3.8) is 0 Å². The van der Waals surface area contributed by atoms with E-state index >= 15 is 0 Å². The third-order valence-electron chi connectivity index (χ3n) is 1.57. The molecule has 0 spiro atoms. The van der Waals surface area contributed by atoms with Gasteiger partial charge in [0.2, 0.25) is 0 Å². The van der Waals surface area contributed by atoms with Crippen molar-refractivity contribution < 1.29 is 0 Å². The Hall–Kier alpha value is -0.930. The van der Waals surface area contributed by atoms with Crippen molar-refractivity contribution in [2.45, 2.75) is 13.1 Å². The molecule has 0 aromatic carbocycles. The lowest BCUT2D eigenvalue weighted by atomic mass is 10.2. The largest absolute Gasteiger partial charge is 0.312 e. The smallest absolute Gasteiger partial charge is 0.0822 e. The van der Waals surface area contributed by atoms with Gasteiger partial charge >= 0.3 is 0 Å². The summed E-state index contributed by atoms with van der Waals surface area (Å²) in [5, 5.41) is 2.95. The number of aromatic nitrogens is 1. The molecular weight excluding hydrogens is 138 g/mol. The first-order valence-electron chi connectivity index (χ1n) is 3.58. The Kier molecular flexibility index (Phi) is 2.57. The van der Waals surface area contributed by atoms with E-state index in [-0.39, 0.29) is 6.17 Å². The van der Waals surface area contributed by atoms with Crippen molar-refractivity contribution >= 4 is 0 Å². The van der Waals surface area contributed by atoms with Gasteiger partial charge in [-0.15, -0.1) is 0 Å². The molecule has 1 atom stereocenters. The van der Waals surface area contributed by atoms with E-state index < -0.39 is 0 Å². The lowest BCUT2D eigenvalue weighted by Gasteiger charge is -2.09. The van der Waals surface area contributed by atoms with Gasteiger partial charge in [-0.3, -0.25) is 4.98 Å². The highest BCUT2D eigenvalue weighted by atomic mass is 15.0. The molecule has 1 aromatic heterocycles. The Balaban J connectivity index is 2.86. The molecule has 3 nitrogen and oxygen atoms in total. The van der Waals surface area contributed by atoms with Gasteiger partial charge in [0, 0.05) is 18.0 Å². The molecule has 60 valence electrons. The minimum atomic E-state index is -0.109. The number of rotatable bonds is 2. The predicted octanol–water partition coefficient (Wildman–Crippen LogP) is 0.567. The van der Waals surface area contributed by atoms with Crippen molar-refractivity contribution in [3.05, 3.63) is 29.6 Å². The molecule has 1 heterocycles. The number of nitrogens with two attached hydrogens (primary N) is 1. The minimum absolute atomic E-state index is 0.109. The van der Waals surface area contributed by atoms with Crippen molar-refractivity contribution in [1.82, 2.24) is 10.3 Å². The second kappa shape index (κ2) is 3.46. The molecule has 0 radical (unpaired) electrons. The number of nitrogens with zero attached hydrogens (tertiary/aromatic N) is 1. The summed E-state index contributed by atoms with van der Waals surface area (Å²) in [5.41, 5.74) is 7.87. The van der Waals surface area contributed by atoms with Gasteiger partial charge in [-0.25, -0.2) is 0 Å². The number of nitrogens with one attached hydrogen (secondary N) is 1. The van der Waals surface area contributed by atoms with Crippen molar-refractivity contribution in [1.29, 1.82) is 0 Å². The molecule has 0 fully saturated rings. The highest BCUT2D eigenvalue weighted by Gasteiger charge is 2.01. The maximum Gasteiger partial charge on any atom is 0.0822 e. The quantitative estimate of drug-likeness (QED) is 0.607. The average molecular weight is 151 g/mol. The summed E-state index contributed by atoms with van der Waals surface area (Å²) in [4.78, 5) is 4.03. The van der Waals surface area contributed by atoms with Gasteiger partial charge in [0.15, 0.2) is 0 Å². The van der Waals surface area contributed by atoms with E-state index in [1.807, 2.05) is 26.2 Å². The van der Waals surface area contributed by atoms with E-state index in [2.05, 4.69) is 10.3 Å². The SMILES string of the molecule is CNC(N)c1cncc(C)c1. The molecule has 0 aliphatic rings. The van der Waals surface area contributed by atoms with Crippen LogP contribution in [0.1, 0.15) is 17.3 Å². The first-order valence-corrected chi connectivity index (χ1v) is 3.58. The standard InChI is InChI=1S/C8H13N3/c1-6-3-7(5-11-4-6)8(9)10-2/h3-5,8,10H,9H2,1-2H3. The second-order valence-corrected chi connectivity index (χ2v) is 2.56. The van der Waals surface area contributed by atoms with Gasteiger partial charge in [0.25, 0.3) is 0 Å². The third-order valence-corrected chi connectivity index (χ3v) is 1.57. The Labute approximate surface area is 66.6 Å². The van der Waals surface area contributed by atoms with Gasteiger partial charge in [0.05, 0.1) is 6.17 Å². The molecule has 0 bridgehead atoms. The molecule has 0 saturated carbocycles. The summed E-state index contributed by atoms with van der Waals surface area (Å²) in [6.45, 7) is 2.00. The number of hydrogen-bond acceptors (Lipinski definition) is 3. The zero-order valence-corrected chi connectivity index (χ0v) is 6.83. The summed E-state index contributed by atoms with van der Waals surface area (Å²) < 4.78 is 0. The maximum atomic E-state index is 5.71. The van der Waals surface area contributed by atoms with E-state index in [4.69, 9.17) is 5.73 Å². The van der Waals surface area contributed by atoms with Crippen LogP contribution in [0.15, 0.2) is 18.5 Å². The van der Waals surface area contributed by atoms with Crippen LogP contribution in [-0.2, 0) is 0 Å². The van der Waals surface area contributed by atoms with E-state index in [0.717, 1.165) is 11.1 Å². The Morgan fingerprint density at radius 3 is 2.82 bits per heavy atom. The van der Waals surface area contributed by atoms with E-state index in [0.29, 0.717) is 0 Å². The number of aryl methyl sites for hydroxylation is 1. The van der Waals surface area contributed by atoms with Gasteiger partial charge < -0.3 is 11.1 Å². The fourth-order valence-corrected chi connectivity index (χ4v) is 0.915. The average Bonchev–Trinajstić information content (AvgIpc) is 2.03. The Bertz CT molecular complexity index is 235. The maximum absolute atomic E-state index is 5.71. The summed E-state index contributed by atoms with van der Waals surface area (Å²) in [5.74, 6) is 0. The van der Waals surface area contributed by atoms with Crippen LogP contribution >= 0.6 is 0 Å². The zero-order chi connectivity index (χ0) is 8.27. The Morgan fingerprint density at radius 2 is 2.27 bits per heavy atom. The van der Waals surface area contributed by atoms with Crippen LogP contribution in [0.3, 0.4) is 0 Å². The molecule has 3 N–H and O–H groups in total. The topological polar surface area (TPSA) is 50.9 Å². The molecule has 11 heavy (non-hydrogen) atoms. The fraction of sp³-hybridized carbons (Fsp3) is 0.375. The van der Waals surface area contributed by atoms with Crippen LogP contribution in [0.4, 0.5) is 0 Å². The highest BCUT2D eigenvalue weighted by molar-refractivity contribution is 5.18. The second-order valence-electron chi connectivity index (χ2n) is 2.56. The van der Waals surface area contributed by atoms with Crippen LogP contribution in [0.2, 0.25) is 0 Å². The summed E-state index contributed by atoms with van der Waals surface area (Å²) in [6, 6.07) is 2.02. The van der Waals surface area contributed by atoms with Crippen LogP contribution in [0, 0.1) is 6.92 Å². The van der Waals surface area contributed by atoms with Crippen LogP contribution < -0.4 is 11.1 Å².